The molecule has 2 aromatic rings. The van der Waals surface area contributed by atoms with Crippen LogP contribution in [0.1, 0.15) is 89.6 Å². The first-order valence-corrected chi connectivity index (χ1v) is 12.3. The van der Waals surface area contributed by atoms with Crippen LogP contribution >= 0.6 is 0 Å². The molecule has 1 saturated heterocycles. The number of rotatable bonds is 4. The van der Waals surface area contributed by atoms with Gasteiger partial charge in [-0.25, -0.2) is 0 Å². The summed E-state index contributed by atoms with van der Waals surface area (Å²) in [5.74, 6) is 1.28. The number of aromatic hydroxyl groups is 1. The highest BCUT2D eigenvalue weighted by atomic mass is 16.3. The largest absolute Gasteiger partial charge is 0.507 e. The van der Waals surface area contributed by atoms with Crippen LogP contribution in [0.3, 0.4) is 0 Å². The molecule has 1 aliphatic heterocycles. The third kappa shape index (κ3) is 5.31. The van der Waals surface area contributed by atoms with E-state index in [1.165, 1.54) is 42.7 Å². The molecule has 32 heavy (non-hydrogen) atoms. The first-order chi connectivity index (χ1) is 14.8. The summed E-state index contributed by atoms with van der Waals surface area (Å²) in [6.45, 7) is 18.0. The highest BCUT2D eigenvalue weighted by Gasteiger charge is 2.34. The number of likely N-dealkylation sites (tertiary alicyclic amines) is 1. The normalized spacial score (nSPS) is 20.8. The fraction of sp³-hybridized carbons (Fsp3) is 0.586. The third-order valence-corrected chi connectivity index (χ3v) is 7.15. The van der Waals surface area contributed by atoms with E-state index in [2.05, 4.69) is 104 Å². The smallest absolute Gasteiger partial charge is 0.139 e. The van der Waals surface area contributed by atoms with E-state index in [1.807, 2.05) is 0 Å². The molecule has 1 fully saturated rings. The lowest BCUT2D eigenvalue weighted by molar-refractivity contribution is -0.931. The van der Waals surface area contributed by atoms with Crippen molar-refractivity contribution in [1.29, 1.82) is 0 Å². The second kappa shape index (κ2) is 9.09. The van der Waals surface area contributed by atoms with Gasteiger partial charge in [0.25, 0.3) is 0 Å². The zero-order valence-corrected chi connectivity index (χ0v) is 21.8. The molecule has 2 N–H and O–H groups in total. The molecule has 0 spiro atoms. The van der Waals surface area contributed by atoms with Crippen LogP contribution in [0, 0.1) is 5.92 Å². The molecule has 0 aliphatic carbocycles. The molecule has 0 amide bonds. The van der Waals surface area contributed by atoms with Gasteiger partial charge in [0.1, 0.15) is 11.8 Å². The summed E-state index contributed by atoms with van der Waals surface area (Å²) >= 11 is 0. The van der Waals surface area contributed by atoms with Crippen LogP contribution in [0.4, 0.5) is 5.69 Å². The Labute approximate surface area is 196 Å². The maximum absolute atomic E-state index is 11.3. The van der Waals surface area contributed by atoms with Crippen LogP contribution in [0.2, 0.25) is 0 Å². The van der Waals surface area contributed by atoms with E-state index in [1.54, 1.807) is 4.90 Å². The van der Waals surface area contributed by atoms with Crippen molar-refractivity contribution in [1.82, 2.24) is 0 Å². The van der Waals surface area contributed by atoms with E-state index in [0.29, 0.717) is 5.75 Å². The van der Waals surface area contributed by atoms with Gasteiger partial charge in [0.15, 0.2) is 0 Å². The number of phenols is 1. The predicted octanol–water partition coefficient (Wildman–Crippen LogP) is 5.46. The fourth-order valence-electron chi connectivity index (χ4n) is 5.02. The fourth-order valence-corrected chi connectivity index (χ4v) is 5.02. The van der Waals surface area contributed by atoms with Gasteiger partial charge in [0, 0.05) is 42.0 Å². The maximum atomic E-state index is 11.3. The van der Waals surface area contributed by atoms with Gasteiger partial charge in [-0.3, -0.25) is 0 Å². The van der Waals surface area contributed by atoms with Crippen LogP contribution in [-0.2, 0) is 10.8 Å². The lowest BCUT2D eigenvalue weighted by atomic mass is 9.77. The zero-order valence-electron chi connectivity index (χ0n) is 21.8. The number of benzene rings is 2. The Morgan fingerprint density at radius 1 is 0.844 bits per heavy atom. The Kier molecular flexibility index (Phi) is 7.00. The lowest BCUT2D eigenvalue weighted by Gasteiger charge is -2.36. The predicted molar refractivity (Wildman–Crippen MR) is 137 cm³/mol. The van der Waals surface area contributed by atoms with Gasteiger partial charge in [-0.05, 0) is 53.9 Å². The molecule has 3 heteroatoms. The highest BCUT2D eigenvalue weighted by Crippen LogP contribution is 2.41. The number of nitrogens with one attached hydrogen (secondary N) is 1. The van der Waals surface area contributed by atoms with Crippen LogP contribution in [0.5, 0.6) is 5.75 Å². The molecule has 0 unspecified atom stereocenters. The number of phenolic OH excluding ortho intramolecular Hbond substituents is 1. The van der Waals surface area contributed by atoms with E-state index >= 15 is 0 Å². The number of piperidine rings is 1. The number of quaternary nitrogens is 1. The Bertz CT molecular complexity index is 873. The first-order valence-electron chi connectivity index (χ1n) is 12.3. The number of nitrogens with zero attached hydrogens (tertiary/aromatic N) is 1. The van der Waals surface area contributed by atoms with Crippen LogP contribution in [-0.4, -0.2) is 32.3 Å². The van der Waals surface area contributed by atoms with Crippen molar-refractivity contribution in [3.63, 3.8) is 0 Å². The molecule has 1 atom stereocenters. The number of hydrogen-bond donors (Lipinski definition) is 2. The van der Waals surface area contributed by atoms with Gasteiger partial charge in [-0.1, -0.05) is 60.6 Å². The summed E-state index contributed by atoms with van der Waals surface area (Å²) in [6.07, 6.45) is 2.55. The highest BCUT2D eigenvalue weighted by molar-refractivity contribution is 5.52. The number of anilines is 1. The molecule has 3 rings (SSSR count). The lowest BCUT2D eigenvalue weighted by Crippen LogP contribution is -3.13. The van der Waals surface area contributed by atoms with Crippen molar-refractivity contribution in [3.05, 3.63) is 58.7 Å². The molecule has 0 saturated carbocycles. The summed E-state index contributed by atoms with van der Waals surface area (Å²) in [5, 5.41) is 11.3. The van der Waals surface area contributed by atoms with Crippen molar-refractivity contribution in [2.24, 2.45) is 5.92 Å². The van der Waals surface area contributed by atoms with E-state index in [-0.39, 0.29) is 16.9 Å². The van der Waals surface area contributed by atoms with Gasteiger partial charge in [0.2, 0.25) is 0 Å². The molecule has 0 radical (unpaired) electrons. The molecule has 3 nitrogen and oxygen atoms in total. The Morgan fingerprint density at radius 2 is 1.31 bits per heavy atom. The Balaban J connectivity index is 2.19. The van der Waals surface area contributed by atoms with E-state index < -0.39 is 0 Å². The quantitative estimate of drug-likeness (QED) is 0.665. The monoisotopic (exact) mass is 437 g/mol. The average Bonchev–Trinajstić information content (AvgIpc) is 2.69. The average molecular weight is 438 g/mol. The molecule has 0 aromatic heterocycles. The summed E-state index contributed by atoms with van der Waals surface area (Å²) in [4.78, 5) is 3.80. The molecular formula is C29H45N2O+. The molecule has 1 heterocycles. The molecule has 1 aliphatic rings. The second-order valence-corrected chi connectivity index (χ2v) is 12.2. The van der Waals surface area contributed by atoms with Gasteiger partial charge in [-0.2, -0.15) is 0 Å². The van der Waals surface area contributed by atoms with Gasteiger partial charge in [-0.15, -0.1) is 0 Å². The van der Waals surface area contributed by atoms with Crippen LogP contribution in [0.15, 0.2) is 36.4 Å². The zero-order chi connectivity index (χ0) is 23.8. The van der Waals surface area contributed by atoms with Gasteiger partial charge >= 0.3 is 0 Å². The summed E-state index contributed by atoms with van der Waals surface area (Å²) in [7, 11) is 4.18. The topological polar surface area (TPSA) is 27.9 Å². The minimum atomic E-state index is -0.120. The van der Waals surface area contributed by atoms with Gasteiger partial charge < -0.3 is 14.9 Å². The van der Waals surface area contributed by atoms with Crippen molar-refractivity contribution in [2.45, 2.75) is 78.2 Å². The summed E-state index contributed by atoms with van der Waals surface area (Å²) in [5.41, 5.74) is 5.80. The first kappa shape index (κ1) is 24.6. The van der Waals surface area contributed by atoms with Crippen LogP contribution < -0.4 is 9.80 Å². The van der Waals surface area contributed by atoms with E-state index in [0.717, 1.165) is 17.0 Å². The second-order valence-electron chi connectivity index (χ2n) is 12.2. The van der Waals surface area contributed by atoms with Crippen molar-refractivity contribution < 1.29 is 10.0 Å². The van der Waals surface area contributed by atoms with Crippen molar-refractivity contribution in [2.75, 3.05) is 32.1 Å². The van der Waals surface area contributed by atoms with Crippen molar-refractivity contribution >= 4 is 5.69 Å². The molecular weight excluding hydrogens is 392 g/mol. The minimum Gasteiger partial charge on any atom is -0.507 e. The molecule has 0 bridgehead atoms. The Morgan fingerprint density at radius 3 is 1.72 bits per heavy atom. The Hall–Kier alpha value is -2.00. The molecule has 2 aromatic carbocycles. The van der Waals surface area contributed by atoms with Crippen molar-refractivity contribution in [3.8, 4) is 5.75 Å². The third-order valence-electron chi connectivity index (χ3n) is 7.15. The SMILES string of the molecule is CC1CC[NH+]([C@H](c2ccc(N(C)C)cc2)c2cc(C(C)(C)C)c(O)c(C(C)(C)C)c2)CC1. The van der Waals surface area contributed by atoms with Crippen LogP contribution in [0.25, 0.3) is 0 Å². The summed E-state index contributed by atoms with van der Waals surface area (Å²) in [6, 6.07) is 14.0. The standard InChI is InChI=1S/C29H44N2O/c1-20-14-16-31(17-15-20)26(21-10-12-23(13-11-21)30(8)9)22-18-24(28(2,3)4)27(32)25(19-22)29(5,6)7/h10-13,18-20,26,32H,14-17H2,1-9H3/p+1/t26-/m1/s1. The van der Waals surface area contributed by atoms with Gasteiger partial charge in [0.05, 0.1) is 13.1 Å². The van der Waals surface area contributed by atoms with E-state index in [9.17, 15) is 5.11 Å². The van der Waals surface area contributed by atoms with E-state index in [4.69, 9.17) is 0 Å². The minimum absolute atomic E-state index is 0.120. The maximum Gasteiger partial charge on any atom is 0.139 e. The summed E-state index contributed by atoms with van der Waals surface area (Å²) < 4.78 is 0. The number of hydrogen-bond acceptors (Lipinski definition) is 2. The molecule has 176 valence electrons.